The third kappa shape index (κ3) is 5.17. The van der Waals surface area contributed by atoms with Crippen LogP contribution >= 0.6 is 0 Å². The molecule has 7 heteroatoms. The first-order chi connectivity index (χ1) is 14.4. The van der Waals surface area contributed by atoms with Gasteiger partial charge in [0.2, 0.25) is 5.91 Å². The molecule has 30 heavy (non-hydrogen) atoms. The predicted molar refractivity (Wildman–Crippen MR) is 112 cm³/mol. The fourth-order valence-corrected chi connectivity index (χ4v) is 3.79. The number of nitrogens with zero attached hydrogens (tertiary/aromatic N) is 1. The van der Waals surface area contributed by atoms with Crippen LogP contribution in [0, 0.1) is 0 Å². The van der Waals surface area contributed by atoms with Gasteiger partial charge in [-0.25, -0.2) is 0 Å². The molecule has 2 amide bonds. The quantitative estimate of drug-likeness (QED) is 0.726. The monoisotopic (exact) mass is 412 g/mol. The molecular weight excluding hydrogens is 384 g/mol. The average Bonchev–Trinajstić information content (AvgIpc) is 2.75. The fourth-order valence-electron chi connectivity index (χ4n) is 3.79. The number of ether oxygens (including phenoxy) is 2. The molecule has 2 N–H and O–H groups in total. The van der Waals surface area contributed by atoms with Crippen molar-refractivity contribution in [1.29, 1.82) is 0 Å². The van der Waals surface area contributed by atoms with Crippen molar-refractivity contribution < 1.29 is 24.2 Å². The van der Waals surface area contributed by atoms with E-state index in [2.05, 4.69) is 5.32 Å². The average molecular weight is 412 g/mol. The summed E-state index contributed by atoms with van der Waals surface area (Å²) in [6, 6.07) is 17.3. The lowest BCUT2D eigenvalue weighted by molar-refractivity contribution is -0.148. The van der Waals surface area contributed by atoms with Crippen LogP contribution in [0.25, 0.3) is 0 Å². The summed E-state index contributed by atoms with van der Waals surface area (Å²) in [5, 5.41) is 13.9. The summed E-state index contributed by atoms with van der Waals surface area (Å²) in [6.45, 7) is 1.77. The van der Waals surface area contributed by atoms with Crippen molar-refractivity contribution in [2.45, 2.75) is 31.0 Å². The smallest absolute Gasteiger partial charge is 0.261 e. The molecular formula is C23H28N2O5. The Morgan fingerprint density at radius 2 is 1.73 bits per heavy atom. The topological polar surface area (TPSA) is 88.1 Å². The summed E-state index contributed by atoms with van der Waals surface area (Å²) in [4.78, 5) is 27.1. The van der Waals surface area contributed by atoms with Gasteiger partial charge < -0.3 is 24.8 Å². The van der Waals surface area contributed by atoms with E-state index in [-0.39, 0.29) is 25.0 Å². The van der Waals surface area contributed by atoms with Gasteiger partial charge in [-0.05, 0) is 31.0 Å². The van der Waals surface area contributed by atoms with Gasteiger partial charge in [0.15, 0.2) is 6.61 Å². The minimum atomic E-state index is -1.19. The van der Waals surface area contributed by atoms with Crippen LogP contribution < -0.4 is 10.1 Å². The zero-order valence-electron chi connectivity index (χ0n) is 17.3. The molecule has 3 atom stereocenters. The second kappa shape index (κ2) is 9.73. The number of amides is 2. The Labute approximate surface area is 176 Å². The first-order valence-corrected chi connectivity index (χ1v) is 9.95. The number of aliphatic hydroxyl groups is 1. The molecule has 2 aromatic rings. The Morgan fingerprint density at radius 1 is 1.10 bits per heavy atom. The molecule has 160 valence electrons. The lowest BCUT2D eigenvalue weighted by atomic mass is 9.79. The SMILES string of the molecule is COCC(=O)NC1C(c2ccccc2)N(C(=O)COc2ccccc2)CCC1(C)O. The molecule has 1 heterocycles. The third-order valence-corrected chi connectivity index (χ3v) is 5.34. The Kier molecular flexibility index (Phi) is 7.07. The molecule has 1 saturated heterocycles. The normalized spacial score (nSPS) is 23.6. The Hall–Kier alpha value is -2.90. The molecule has 1 aliphatic rings. The number of carbonyl (C=O) groups is 2. The summed E-state index contributed by atoms with van der Waals surface area (Å²) < 4.78 is 10.6. The maximum absolute atomic E-state index is 13.1. The number of para-hydroxylation sites is 1. The molecule has 0 aliphatic carbocycles. The predicted octanol–water partition coefficient (Wildman–Crippen LogP) is 1.92. The molecule has 7 nitrogen and oxygen atoms in total. The number of hydrogen-bond donors (Lipinski definition) is 2. The number of methoxy groups -OCH3 is 1. The molecule has 0 aromatic heterocycles. The fraction of sp³-hybridized carbons (Fsp3) is 0.391. The Morgan fingerprint density at radius 3 is 2.37 bits per heavy atom. The highest BCUT2D eigenvalue weighted by Gasteiger charge is 2.47. The highest BCUT2D eigenvalue weighted by atomic mass is 16.5. The van der Waals surface area contributed by atoms with Gasteiger partial charge >= 0.3 is 0 Å². The minimum Gasteiger partial charge on any atom is -0.484 e. The molecule has 0 radical (unpaired) electrons. The Bertz CT molecular complexity index is 841. The second-order valence-electron chi connectivity index (χ2n) is 7.63. The van der Waals surface area contributed by atoms with E-state index in [4.69, 9.17) is 9.47 Å². The molecule has 1 aliphatic heterocycles. The summed E-state index contributed by atoms with van der Waals surface area (Å²) in [5.74, 6) is 0.0452. The van der Waals surface area contributed by atoms with Crippen molar-refractivity contribution in [3.8, 4) is 5.75 Å². The lowest BCUT2D eigenvalue weighted by Gasteiger charge is -2.49. The summed E-state index contributed by atoms with van der Waals surface area (Å²) in [5.41, 5.74) is -0.366. The first kappa shape index (κ1) is 21.8. The molecule has 3 unspecified atom stereocenters. The summed E-state index contributed by atoms with van der Waals surface area (Å²) in [7, 11) is 1.43. The lowest BCUT2D eigenvalue weighted by Crippen LogP contribution is -2.64. The Balaban J connectivity index is 1.86. The van der Waals surface area contributed by atoms with Crippen molar-refractivity contribution in [3.05, 3.63) is 66.2 Å². The number of rotatable bonds is 7. The van der Waals surface area contributed by atoms with Crippen LogP contribution in [0.1, 0.15) is 24.9 Å². The van der Waals surface area contributed by atoms with Gasteiger partial charge in [-0.3, -0.25) is 9.59 Å². The van der Waals surface area contributed by atoms with Crippen molar-refractivity contribution in [2.24, 2.45) is 0 Å². The van der Waals surface area contributed by atoms with E-state index in [1.807, 2.05) is 48.5 Å². The minimum absolute atomic E-state index is 0.126. The van der Waals surface area contributed by atoms with E-state index in [1.54, 1.807) is 24.0 Å². The van der Waals surface area contributed by atoms with E-state index >= 15 is 0 Å². The summed E-state index contributed by atoms with van der Waals surface area (Å²) in [6.07, 6.45) is 0.325. The number of piperidine rings is 1. The summed E-state index contributed by atoms with van der Waals surface area (Å²) >= 11 is 0. The number of benzene rings is 2. The number of nitrogens with one attached hydrogen (secondary N) is 1. The molecule has 0 saturated carbocycles. The van der Waals surface area contributed by atoms with Crippen molar-refractivity contribution in [2.75, 3.05) is 26.9 Å². The van der Waals surface area contributed by atoms with Gasteiger partial charge in [-0.2, -0.15) is 0 Å². The van der Waals surface area contributed by atoms with E-state index < -0.39 is 17.7 Å². The van der Waals surface area contributed by atoms with E-state index in [9.17, 15) is 14.7 Å². The van der Waals surface area contributed by atoms with Crippen LogP contribution in [0.2, 0.25) is 0 Å². The highest BCUT2D eigenvalue weighted by Crippen LogP contribution is 2.37. The maximum atomic E-state index is 13.1. The molecule has 1 fully saturated rings. The van der Waals surface area contributed by atoms with Crippen molar-refractivity contribution in [3.63, 3.8) is 0 Å². The number of hydrogen-bond acceptors (Lipinski definition) is 5. The molecule has 0 spiro atoms. The van der Waals surface area contributed by atoms with E-state index in [0.29, 0.717) is 18.7 Å². The second-order valence-corrected chi connectivity index (χ2v) is 7.63. The van der Waals surface area contributed by atoms with Crippen molar-refractivity contribution in [1.82, 2.24) is 10.2 Å². The number of carbonyl (C=O) groups excluding carboxylic acids is 2. The van der Waals surface area contributed by atoms with Gasteiger partial charge in [-0.15, -0.1) is 0 Å². The van der Waals surface area contributed by atoms with Crippen LogP contribution in [-0.2, 0) is 14.3 Å². The van der Waals surface area contributed by atoms with Gasteiger partial charge in [0.05, 0.1) is 17.7 Å². The standard InChI is InChI=1S/C23H28N2O5/c1-23(28)13-14-25(20(27)16-30-18-11-7-4-8-12-18)21(17-9-5-3-6-10-17)22(23)24-19(26)15-29-2/h3-12,21-22,28H,13-16H2,1-2H3,(H,24,26). The third-order valence-electron chi connectivity index (χ3n) is 5.34. The van der Waals surface area contributed by atoms with Gasteiger partial charge in [0.1, 0.15) is 12.4 Å². The zero-order chi connectivity index (χ0) is 21.6. The van der Waals surface area contributed by atoms with E-state index in [1.165, 1.54) is 7.11 Å². The molecule has 2 aromatic carbocycles. The largest absolute Gasteiger partial charge is 0.484 e. The van der Waals surface area contributed by atoms with Crippen LogP contribution in [-0.4, -0.2) is 60.3 Å². The van der Waals surface area contributed by atoms with Crippen LogP contribution in [0.4, 0.5) is 0 Å². The van der Waals surface area contributed by atoms with Crippen LogP contribution in [0.15, 0.2) is 60.7 Å². The van der Waals surface area contributed by atoms with Crippen LogP contribution in [0.5, 0.6) is 5.75 Å². The van der Waals surface area contributed by atoms with Gasteiger partial charge in [-0.1, -0.05) is 48.5 Å². The highest BCUT2D eigenvalue weighted by molar-refractivity contribution is 5.80. The molecule has 3 rings (SSSR count). The van der Waals surface area contributed by atoms with Crippen molar-refractivity contribution >= 4 is 11.8 Å². The maximum Gasteiger partial charge on any atom is 0.261 e. The molecule has 0 bridgehead atoms. The van der Waals surface area contributed by atoms with Crippen LogP contribution in [0.3, 0.4) is 0 Å². The van der Waals surface area contributed by atoms with Gasteiger partial charge in [0, 0.05) is 13.7 Å². The number of likely N-dealkylation sites (tertiary alicyclic amines) is 1. The first-order valence-electron chi connectivity index (χ1n) is 9.95. The van der Waals surface area contributed by atoms with E-state index in [0.717, 1.165) is 5.56 Å². The van der Waals surface area contributed by atoms with Gasteiger partial charge in [0.25, 0.3) is 5.91 Å². The zero-order valence-corrected chi connectivity index (χ0v) is 17.3.